The van der Waals surface area contributed by atoms with Crippen LogP contribution in [0, 0.1) is 13.8 Å². The van der Waals surface area contributed by atoms with Crippen molar-refractivity contribution in [2.75, 3.05) is 32.7 Å². The first-order valence-electron chi connectivity index (χ1n) is 6.73. The summed E-state index contributed by atoms with van der Waals surface area (Å²) in [5.41, 5.74) is 3.26. The second-order valence-electron chi connectivity index (χ2n) is 5.46. The number of hydrogen-bond donors (Lipinski definition) is 0. The van der Waals surface area contributed by atoms with Crippen LogP contribution in [0.25, 0.3) is 0 Å². The number of ketones is 1. The largest absolute Gasteiger partial charge is 0.299 e. The lowest BCUT2D eigenvalue weighted by molar-refractivity contribution is 0.0159. The van der Waals surface area contributed by atoms with Crippen LogP contribution in [0.5, 0.6) is 0 Å². The molecule has 3 aliphatic rings. The van der Waals surface area contributed by atoms with E-state index in [1.165, 1.54) is 5.56 Å². The van der Waals surface area contributed by atoms with Gasteiger partial charge in [-0.25, -0.2) is 0 Å². The Bertz CT molecular complexity index is 475. The van der Waals surface area contributed by atoms with Gasteiger partial charge >= 0.3 is 0 Å². The highest BCUT2D eigenvalue weighted by Crippen LogP contribution is 2.22. The van der Waals surface area contributed by atoms with Crippen molar-refractivity contribution in [1.82, 2.24) is 9.80 Å². The maximum absolute atomic E-state index is 12.7. The number of carbonyl (C=O) groups is 1. The molecule has 0 saturated carbocycles. The minimum Gasteiger partial charge on any atom is -0.299 e. The van der Waals surface area contributed by atoms with Crippen molar-refractivity contribution in [2.45, 2.75) is 19.9 Å². The van der Waals surface area contributed by atoms with Crippen LogP contribution in [-0.4, -0.2) is 54.3 Å². The quantitative estimate of drug-likeness (QED) is 0.736. The molecule has 0 amide bonds. The van der Waals surface area contributed by atoms with Crippen molar-refractivity contribution < 1.29 is 4.79 Å². The topological polar surface area (TPSA) is 23.6 Å². The molecule has 0 spiro atoms. The van der Waals surface area contributed by atoms with Crippen LogP contribution < -0.4 is 0 Å². The summed E-state index contributed by atoms with van der Waals surface area (Å²) in [5.74, 6) is 0.306. The van der Waals surface area contributed by atoms with Crippen LogP contribution in [0.15, 0.2) is 18.2 Å². The predicted molar refractivity (Wildman–Crippen MR) is 72.0 cm³/mol. The van der Waals surface area contributed by atoms with Crippen LogP contribution in [0.1, 0.15) is 21.5 Å². The lowest BCUT2D eigenvalue weighted by Gasteiger charge is -2.46. The van der Waals surface area contributed by atoms with Gasteiger partial charge in [-0.2, -0.15) is 0 Å². The maximum atomic E-state index is 12.7. The van der Waals surface area contributed by atoms with Crippen molar-refractivity contribution in [3.8, 4) is 0 Å². The molecule has 1 atom stereocenters. The van der Waals surface area contributed by atoms with E-state index in [9.17, 15) is 4.79 Å². The maximum Gasteiger partial charge on any atom is 0.181 e. The predicted octanol–water partition coefficient (Wildman–Crippen LogP) is 1.49. The number of rotatable bonds is 2. The van der Waals surface area contributed by atoms with Gasteiger partial charge in [0.1, 0.15) is 0 Å². The molecule has 4 rings (SSSR count). The van der Waals surface area contributed by atoms with Crippen molar-refractivity contribution in [1.29, 1.82) is 0 Å². The second kappa shape index (κ2) is 4.48. The first-order valence-corrected chi connectivity index (χ1v) is 6.73. The lowest BCUT2D eigenvalue weighted by Crippen LogP contribution is -2.63. The highest BCUT2D eigenvalue weighted by molar-refractivity contribution is 6.01. The van der Waals surface area contributed by atoms with E-state index in [0.717, 1.165) is 43.9 Å². The van der Waals surface area contributed by atoms with Gasteiger partial charge in [0, 0.05) is 38.3 Å². The monoisotopic (exact) mass is 244 g/mol. The summed E-state index contributed by atoms with van der Waals surface area (Å²) in [7, 11) is 0. The fraction of sp³-hybridized carbons (Fsp3) is 0.533. The second-order valence-corrected chi connectivity index (χ2v) is 5.46. The fourth-order valence-corrected chi connectivity index (χ4v) is 3.06. The number of fused-ring (bicyclic) bond motifs is 3. The van der Waals surface area contributed by atoms with E-state index in [1.54, 1.807) is 0 Å². The van der Waals surface area contributed by atoms with E-state index in [-0.39, 0.29) is 6.04 Å². The first kappa shape index (κ1) is 11.9. The van der Waals surface area contributed by atoms with E-state index in [2.05, 4.69) is 29.7 Å². The summed E-state index contributed by atoms with van der Waals surface area (Å²) in [5, 5.41) is 0. The average Bonchev–Trinajstić information content (AvgIpc) is 2.42. The normalized spacial score (nSPS) is 30.4. The molecule has 3 heterocycles. The van der Waals surface area contributed by atoms with Crippen molar-refractivity contribution in [2.24, 2.45) is 0 Å². The molecule has 0 radical (unpaired) electrons. The Labute approximate surface area is 108 Å². The molecule has 3 aliphatic heterocycles. The zero-order valence-corrected chi connectivity index (χ0v) is 11.1. The average molecular weight is 244 g/mol. The molecule has 0 aliphatic carbocycles. The van der Waals surface area contributed by atoms with Gasteiger partial charge in [-0.1, -0.05) is 18.2 Å². The molecule has 0 aromatic heterocycles. The third-order valence-electron chi connectivity index (χ3n) is 4.45. The van der Waals surface area contributed by atoms with Gasteiger partial charge in [-0.15, -0.1) is 0 Å². The number of hydrogen-bond acceptors (Lipinski definition) is 3. The van der Waals surface area contributed by atoms with E-state index < -0.39 is 0 Å². The molecule has 3 saturated heterocycles. The van der Waals surface area contributed by atoms with Gasteiger partial charge in [0.05, 0.1) is 6.04 Å². The summed E-state index contributed by atoms with van der Waals surface area (Å²) < 4.78 is 0. The summed E-state index contributed by atoms with van der Waals surface area (Å²) in [6.07, 6.45) is 0. The molecule has 2 bridgehead atoms. The van der Waals surface area contributed by atoms with Crippen molar-refractivity contribution >= 4 is 5.78 Å². The summed E-state index contributed by atoms with van der Waals surface area (Å²) in [6.45, 7) is 9.37. The Morgan fingerprint density at radius 2 is 1.89 bits per heavy atom. The number of aryl methyl sites for hydroxylation is 1. The molecule has 96 valence electrons. The summed E-state index contributed by atoms with van der Waals surface area (Å²) in [6, 6.07) is 6.12. The SMILES string of the molecule is Cc1cccc(C(=O)C2CN3CCN2CC3)c1C. The Morgan fingerprint density at radius 1 is 1.17 bits per heavy atom. The molecule has 3 nitrogen and oxygen atoms in total. The minimum absolute atomic E-state index is 0.0769. The molecular weight excluding hydrogens is 224 g/mol. The number of Topliss-reactive ketones (excluding diaryl/α,β-unsaturated/α-hetero) is 1. The number of nitrogens with zero attached hydrogens (tertiary/aromatic N) is 2. The Morgan fingerprint density at radius 3 is 2.50 bits per heavy atom. The first-order chi connectivity index (χ1) is 8.66. The zero-order chi connectivity index (χ0) is 12.7. The zero-order valence-electron chi connectivity index (χ0n) is 11.1. The molecule has 1 aromatic carbocycles. The van der Waals surface area contributed by atoms with Gasteiger partial charge in [-0.05, 0) is 25.0 Å². The molecule has 3 heteroatoms. The van der Waals surface area contributed by atoms with E-state index in [0.29, 0.717) is 5.78 Å². The van der Waals surface area contributed by atoms with Gasteiger partial charge in [-0.3, -0.25) is 14.6 Å². The van der Waals surface area contributed by atoms with Gasteiger partial charge in [0.2, 0.25) is 0 Å². The molecular formula is C15H20N2O. The highest BCUT2D eigenvalue weighted by atomic mass is 16.1. The van der Waals surface area contributed by atoms with Crippen LogP contribution >= 0.6 is 0 Å². The molecule has 1 aromatic rings. The molecule has 3 fully saturated rings. The minimum atomic E-state index is 0.0769. The summed E-state index contributed by atoms with van der Waals surface area (Å²) in [4.78, 5) is 17.5. The van der Waals surface area contributed by atoms with E-state index in [4.69, 9.17) is 0 Å². The van der Waals surface area contributed by atoms with Crippen LogP contribution in [-0.2, 0) is 0 Å². The fourth-order valence-electron chi connectivity index (χ4n) is 3.06. The summed E-state index contributed by atoms with van der Waals surface area (Å²) >= 11 is 0. The Balaban J connectivity index is 1.88. The van der Waals surface area contributed by atoms with Crippen LogP contribution in [0.2, 0.25) is 0 Å². The third-order valence-corrected chi connectivity index (χ3v) is 4.45. The number of benzene rings is 1. The number of piperazine rings is 3. The molecule has 0 N–H and O–H groups in total. The van der Waals surface area contributed by atoms with Crippen molar-refractivity contribution in [3.63, 3.8) is 0 Å². The standard InChI is InChI=1S/C15H20N2O/c1-11-4-3-5-13(12(11)2)15(18)14-10-16-6-8-17(14)9-7-16/h3-5,14H,6-10H2,1-2H3. The Hall–Kier alpha value is -1.19. The van der Waals surface area contributed by atoms with Crippen LogP contribution in [0.3, 0.4) is 0 Å². The van der Waals surface area contributed by atoms with Crippen molar-refractivity contribution in [3.05, 3.63) is 34.9 Å². The molecule has 1 unspecified atom stereocenters. The number of carbonyl (C=O) groups excluding carboxylic acids is 1. The lowest BCUT2D eigenvalue weighted by atomic mass is 9.93. The van der Waals surface area contributed by atoms with Gasteiger partial charge in [0.15, 0.2) is 5.78 Å². The van der Waals surface area contributed by atoms with E-state index >= 15 is 0 Å². The van der Waals surface area contributed by atoms with Gasteiger partial charge < -0.3 is 0 Å². The smallest absolute Gasteiger partial charge is 0.181 e. The Kier molecular flexibility index (Phi) is 2.96. The van der Waals surface area contributed by atoms with E-state index in [1.807, 2.05) is 12.1 Å². The third kappa shape index (κ3) is 1.88. The molecule has 18 heavy (non-hydrogen) atoms. The van der Waals surface area contributed by atoms with Crippen LogP contribution in [0.4, 0.5) is 0 Å². The highest BCUT2D eigenvalue weighted by Gasteiger charge is 2.36. The van der Waals surface area contributed by atoms with Gasteiger partial charge in [0.25, 0.3) is 0 Å².